The average molecular weight is 330 g/mol. The lowest BCUT2D eigenvalue weighted by molar-refractivity contribution is -0.00456. The summed E-state index contributed by atoms with van der Waals surface area (Å²) in [5.41, 5.74) is 1.71. The molecule has 0 bridgehead atoms. The number of nitrogens with zero attached hydrogens (tertiary/aromatic N) is 2. The van der Waals surface area contributed by atoms with Gasteiger partial charge >= 0.3 is 6.09 Å². The standard InChI is InChI=1S/C19H26N2O3/c1-19(2,3)23-18(22)21-11-9-15(10-12-21)17-13-16(20-24-17)14-7-5-4-6-8-14/h4-8,15,17H,9-13H2,1-3H3. The molecule has 1 unspecified atom stereocenters. The van der Waals surface area contributed by atoms with Crippen LogP contribution in [0.15, 0.2) is 35.5 Å². The number of piperidine rings is 1. The number of hydrogen-bond donors (Lipinski definition) is 0. The molecule has 0 aromatic heterocycles. The molecule has 0 saturated carbocycles. The second-order valence-electron chi connectivity index (χ2n) is 7.56. The molecule has 1 saturated heterocycles. The first-order chi connectivity index (χ1) is 11.4. The Bertz CT molecular complexity index is 599. The van der Waals surface area contributed by atoms with Gasteiger partial charge in [-0.15, -0.1) is 0 Å². The summed E-state index contributed by atoms with van der Waals surface area (Å²) in [6.07, 6.45) is 2.62. The number of amides is 1. The van der Waals surface area contributed by atoms with Crippen LogP contribution in [0, 0.1) is 5.92 Å². The molecule has 2 heterocycles. The van der Waals surface area contributed by atoms with E-state index in [2.05, 4.69) is 17.3 Å². The fourth-order valence-electron chi connectivity index (χ4n) is 3.23. The normalized spacial score (nSPS) is 22.0. The lowest BCUT2D eigenvalue weighted by Crippen LogP contribution is -2.43. The molecule has 0 N–H and O–H groups in total. The predicted octanol–water partition coefficient (Wildman–Crippen LogP) is 3.83. The van der Waals surface area contributed by atoms with E-state index in [0.29, 0.717) is 5.92 Å². The van der Waals surface area contributed by atoms with Crippen molar-refractivity contribution in [3.63, 3.8) is 0 Å². The van der Waals surface area contributed by atoms with E-state index in [0.717, 1.165) is 43.6 Å². The van der Waals surface area contributed by atoms with Crippen molar-refractivity contribution in [3.05, 3.63) is 35.9 Å². The number of ether oxygens (including phenoxy) is 1. The van der Waals surface area contributed by atoms with Gasteiger partial charge in [-0.2, -0.15) is 0 Å². The van der Waals surface area contributed by atoms with Gasteiger partial charge in [-0.3, -0.25) is 0 Å². The number of carbonyl (C=O) groups is 1. The molecule has 1 amide bonds. The Morgan fingerprint density at radius 3 is 2.50 bits per heavy atom. The molecule has 0 spiro atoms. The van der Waals surface area contributed by atoms with Crippen molar-refractivity contribution >= 4 is 11.8 Å². The van der Waals surface area contributed by atoms with Crippen LogP contribution < -0.4 is 0 Å². The van der Waals surface area contributed by atoms with E-state index >= 15 is 0 Å². The van der Waals surface area contributed by atoms with Crippen LogP contribution in [-0.2, 0) is 9.57 Å². The molecule has 0 radical (unpaired) electrons. The van der Waals surface area contributed by atoms with Crippen LogP contribution in [0.25, 0.3) is 0 Å². The van der Waals surface area contributed by atoms with Crippen LogP contribution in [0.3, 0.4) is 0 Å². The third kappa shape index (κ3) is 4.08. The van der Waals surface area contributed by atoms with Gasteiger partial charge < -0.3 is 14.5 Å². The van der Waals surface area contributed by atoms with Crippen LogP contribution in [0.4, 0.5) is 4.79 Å². The number of carbonyl (C=O) groups excluding carboxylic acids is 1. The predicted molar refractivity (Wildman–Crippen MR) is 93.0 cm³/mol. The van der Waals surface area contributed by atoms with Gasteiger partial charge in [0.15, 0.2) is 0 Å². The highest BCUT2D eigenvalue weighted by molar-refractivity contribution is 6.01. The zero-order chi connectivity index (χ0) is 17.2. The highest BCUT2D eigenvalue weighted by atomic mass is 16.6. The maximum absolute atomic E-state index is 12.1. The molecule has 1 atom stereocenters. The monoisotopic (exact) mass is 330 g/mol. The molecule has 2 aliphatic heterocycles. The second kappa shape index (κ2) is 6.83. The topological polar surface area (TPSA) is 51.1 Å². The first kappa shape index (κ1) is 16.8. The van der Waals surface area contributed by atoms with Crippen molar-refractivity contribution in [2.24, 2.45) is 11.1 Å². The Kier molecular flexibility index (Phi) is 4.78. The smallest absolute Gasteiger partial charge is 0.410 e. The van der Waals surface area contributed by atoms with E-state index in [1.54, 1.807) is 4.90 Å². The van der Waals surface area contributed by atoms with E-state index in [1.165, 1.54) is 0 Å². The number of hydrogen-bond acceptors (Lipinski definition) is 4. The second-order valence-corrected chi connectivity index (χ2v) is 7.56. The van der Waals surface area contributed by atoms with E-state index in [-0.39, 0.29) is 12.2 Å². The van der Waals surface area contributed by atoms with Crippen molar-refractivity contribution in [1.29, 1.82) is 0 Å². The Morgan fingerprint density at radius 1 is 1.21 bits per heavy atom. The Labute approximate surface area is 143 Å². The molecule has 5 heteroatoms. The van der Waals surface area contributed by atoms with Crippen molar-refractivity contribution in [3.8, 4) is 0 Å². The number of benzene rings is 1. The van der Waals surface area contributed by atoms with E-state index < -0.39 is 5.60 Å². The minimum Gasteiger partial charge on any atom is -0.444 e. The van der Waals surface area contributed by atoms with Gasteiger partial charge in [-0.1, -0.05) is 35.5 Å². The highest BCUT2D eigenvalue weighted by Crippen LogP contribution is 2.30. The van der Waals surface area contributed by atoms with Crippen LogP contribution in [0.1, 0.15) is 45.6 Å². The van der Waals surface area contributed by atoms with Crippen molar-refractivity contribution in [2.75, 3.05) is 13.1 Å². The number of rotatable bonds is 2. The molecule has 24 heavy (non-hydrogen) atoms. The third-order valence-electron chi connectivity index (χ3n) is 4.52. The lowest BCUT2D eigenvalue weighted by Gasteiger charge is -2.34. The first-order valence-electron chi connectivity index (χ1n) is 8.68. The van der Waals surface area contributed by atoms with Gasteiger partial charge in [0.1, 0.15) is 11.7 Å². The summed E-state index contributed by atoms with van der Waals surface area (Å²) in [4.78, 5) is 19.6. The molecule has 5 nitrogen and oxygen atoms in total. The zero-order valence-corrected chi connectivity index (χ0v) is 14.7. The molecule has 0 aliphatic carbocycles. The van der Waals surface area contributed by atoms with Crippen LogP contribution in [0.2, 0.25) is 0 Å². The summed E-state index contributed by atoms with van der Waals surface area (Å²) in [6.45, 7) is 7.13. The summed E-state index contributed by atoms with van der Waals surface area (Å²) < 4.78 is 5.45. The first-order valence-corrected chi connectivity index (χ1v) is 8.68. The van der Waals surface area contributed by atoms with Crippen LogP contribution in [-0.4, -0.2) is 41.5 Å². The van der Waals surface area contributed by atoms with Gasteiger partial charge in [0.25, 0.3) is 0 Å². The van der Waals surface area contributed by atoms with Gasteiger partial charge in [-0.25, -0.2) is 4.79 Å². The van der Waals surface area contributed by atoms with Crippen molar-refractivity contribution < 1.29 is 14.4 Å². The summed E-state index contributed by atoms with van der Waals surface area (Å²) >= 11 is 0. The summed E-state index contributed by atoms with van der Waals surface area (Å²) in [5, 5.41) is 4.28. The Morgan fingerprint density at radius 2 is 1.88 bits per heavy atom. The van der Waals surface area contributed by atoms with E-state index in [9.17, 15) is 4.79 Å². The number of likely N-dealkylation sites (tertiary alicyclic amines) is 1. The molecule has 1 fully saturated rings. The minimum atomic E-state index is -0.444. The SMILES string of the molecule is CC(C)(C)OC(=O)N1CCC(C2CC(c3ccccc3)=NO2)CC1. The van der Waals surface area contributed by atoms with Crippen molar-refractivity contribution in [2.45, 2.75) is 51.7 Å². The van der Waals surface area contributed by atoms with Crippen LogP contribution >= 0.6 is 0 Å². The summed E-state index contributed by atoms with van der Waals surface area (Å²) in [6, 6.07) is 10.2. The molecule has 1 aromatic carbocycles. The fraction of sp³-hybridized carbons (Fsp3) is 0.579. The quantitative estimate of drug-likeness (QED) is 0.828. The highest BCUT2D eigenvalue weighted by Gasteiger charge is 2.34. The van der Waals surface area contributed by atoms with Gasteiger partial charge in [0.2, 0.25) is 0 Å². The number of oxime groups is 1. The van der Waals surface area contributed by atoms with Gasteiger partial charge in [0.05, 0.1) is 5.71 Å². The molecule has 130 valence electrons. The average Bonchev–Trinajstić information content (AvgIpc) is 3.04. The fourth-order valence-corrected chi connectivity index (χ4v) is 3.23. The summed E-state index contributed by atoms with van der Waals surface area (Å²) in [5.74, 6) is 0.439. The Hall–Kier alpha value is -2.04. The van der Waals surface area contributed by atoms with Crippen molar-refractivity contribution in [1.82, 2.24) is 4.90 Å². The Balaban J connectivity index is 1.49. The lowest BCUT2D eigenvalue weighted by atomic mass is 9.88. The largest absolute Gasteiger partial charge is 0.444 e. The molecular weight excluding hydrogens is 304 g/mol. The maximum Gasteiger partial charge on any atom is 0.410 e. The van der Waals surface area contributed by atoms with E-state index in [4.69, 9.17) is 9.57 Å². The van der Waals surface area contributed by atoms with Gasteiger partial charge in [0, 0.05) is 25.4 Å². The molecule has 3 rings (SSSR count). The zero-order valence-electron chi connectivity index (χ0n) is 14.7. The summed E-state index contributed by atoms with van der Waals surface area (Å²) in [7, 11) is 0. The minimum absolute atomic E-state index is 0.126. The third-order valence-corrected chi connectivity index (χ3v) is 4.52. The van der Waals surface area contributed by atoms with Crippen LogP contribution in [0.5, 0.6) is 0 Å². The molecular formula is C19H26N2O3. The van der Waals surface area contributed by atoms with Gasteiger partial charge in [-0.05, 0) is 39.2 Å². The maximum atomic E-state index is 12.1. The molecule has 2 aliphatic rings. The molecule has 1 aromatic rings. The van der Waals surface area contributed by atoms with E-state index in [1.807, 2.05) is 39.0 Å².